The van der Waals surface area contributed by atoms with Crippen molar-refractivity contribution in [2.45, 2.75) is 13.1 Å². The second kappa shape index (κ2) is 10.5. The van der Waals surface area contributed by atoms with E-state index in [-0.39, 0.29) is 5.91 Å². The molecular weight excluding hydrogens is 442 g/mol. The molecule has 2 N–H and O–H groups in total. The van der Waals surface area contributed by atoms with E-state index in [1.807, 2.05) is 18.2 Å². The zero-order chi connectivity index (χ0) is 24.9. The molecule has 4 rings (SSSR count). The van der Waals surface area contributed by atoms with E-state index < -0.39 is 0 Å². The van der Waals surface area contributed by atoms with Gasteiger partial charge in [-0.1, -0.05) is 48.5 Å². The second-order valence-electron chi connectivity index (χ2n) is 8.56. The van der Waals surface area contributed by atoms with Crippen molar-refractivity contribution in [3.63, 3.8) is 0 Å². The van der Waals surface area contributed by atoms with Gasteiger partial charge in [0.1, 0.15) is 11.4 Å². The van der Waals surface area contributed by atoms with E-state index in [1.165, 1.54) is 5.56 Å². The average Bonchev–Trinajstić information content (AvgIpc) is 3.32. The number of carbonyl (C=O) groups excluding carboxylic acids is 1. The van der Waals surface area contributed by atoms with Crippen LogP contribution in [0.5, 0.6) is 17.2 Å². The van der Waals surface area contributed by atoms with Crippen LogP contribution in [-0.2, 0) is 13.1 Å². The number of amides is 1. The van der Waals surface area contributed by atoms with E-state index >= 15 is 0 Å². The quantitative estimate of drug-likeness (QED) is 0.363. The Morgan fingerprint density at radius 2 is 1.63 bits per heavy atom. The molecule has 0 aliphatic heterocycles. The molecule has 0 spiro atoms. The SMILES string of the molecule is COc1cc(OC)c2cc(C(=O)NCc3ccccc3-c3ccc(CN(C)C)cc3)[nH]c2c1OC. The smallest absolute Gasteiger partial charge is 0.268 e. The highest BCUT2D eigenvalue weighted by atomic mass is 16.5. The highest BCUT2D eigenvalue weighted by molar-refractivity contribution is 6.02. The Labute approximate surface area is 205 Å². The van der Waals surface area contributed by atoms with Crippen LogP contribution in [0.2, 0.25) is 0 Å². The molecule has 1 amide bonds. The Kier molecular flexibility index (Phi) is 7.27. The van der Waals surface area contributed by atoms with E-state index in [4.69, 9.17) is 14.2 Å². The lowest BCUT2D eigenvalue weighted by atomic mass is 9.98. The third-order valence-corrected chi connectivity index (χ3v) is 5.91. The monoisotopic (exact) mass is 473 g/mol. The minimum atomic E-state index is -0.222. The van der Waals surface area contributed by atoms with Gasteiger partial charge in [-0.3, -0.25) is 4.79 Å². The van der Waals surface area contributed by atoms with E-state index in [9.17, 15) is 4.79 Å². The van der Waals surface area contributed by atoms with Gasteiger partial charge in [0.2, 0.25) is 0 Å². The summed E-state index contributed by atoms with van der Waals surface area (Å²) in [6.45, 7) is 1.28. The molecule has 0 atom stereocenters. The first kappa shape index (κ1) is 24.2. The number of nitrogens with zero attached hydrogens (tertiary/aromatic N) is 1. The predicted octanol–water partition coefficient (Wildman–Crippen LogP) is 4.85. The molecule has 0 aliphatic carbocycles. The van der Waals surface area contributed by atoms with Gasteiger partial charge in [-0.25, -0.2) is 0 Å². The Hall–Kier alpha value is -3.97. The third-order valence-electron chi connectivity index (χ3n) is 5.91. The fraction of sp³-hybridized carbons (Fsp3) is 0.250. The number of H-pyrrole nitrogens is 1. The normalized spacial score (nSPS) is 11.0. The van der Waals surface area contributed by atoms with Crippen LogP contribution in [0, 0.1) is 0 Å². The summed E-state index contributed by atoms with van der Waals surface area (Å²) in [5, 5.41) is 3.78. The maximum absolute atomic E-state index is 13.1. The summed E-state index contributed by atoms with van der Waals surface area (Å²) in [5.74, 6) is 1.41. The number of aromatic amines is 1. The van der Waals surface area contributed by atoms with Crippen molar-refractivity contribution in [2.75, 3.05) is 35.4 Å². The van der Waals surface area contributed by atoms with Crippen LogP contribution < -0.4 is 19.5 Å². The number of fused-ring (bicyclic) bond motifs is 1. The summed E-state index contributed by atoms with van der Waals surface area (Å²) in [6, 6.07) is 20.2. The van der Waals surface area contributed by atoms with E-state index in [0.29, 0.717) is 35.0 Å². The summed E-state index contributed by atoms with van der Waals surface area (Å²) in [7, 11) is 8.82. The van der Waals surface area contributed by atoms with Crippen molar-refractivity contribution >= 4 is 16.8 Å². The Bertz CT molecular complexity index is 1330. The molecule has 0 radical (unpaired) electrons. The second-order valence-corrected chi connectivity index (χ2v) is 8.56. The van der Waals surface area contributed by atoms with Crippen LogP contribution in [0.15, 0.2) is 60.7 Å². The summed E-state index contributed by atoms with van der Waals surface area (Å²) in [6.07, 6.45) is 0. The van der Waals surface area contributed by atoms with Gasteiger partial charge in [0, 0.05) is 24.5 Å². The molecule has 0 aliphatic rings. The molecular formula is C28H31N3O4. The average molecular weight is 474 g/mol. The lowest BCUT2D eigenvalue weighted by Gasteiger charge is -2.13. The number of hydrogen-bond donors (Lipinski definition) is 2. The Morgan fingerprint density at radius 3 is 2.29 bits per heavy atom. The lowest BCUT2D eigenvalue weighted by molar-refractivity contribution is 0.0947. The van der Waals surface area contributed by atoms with Crippen LogP contribution >= 0.6 is 0 Å². The molecule has 0 saturated carbocycles. The first-order valence-corrected chi connectivity index (χ1v) is 11.4. The molecule has 35 heavy (non-hydrogen) atoms. The summed E-state index contributed by atoms with van der Waals surface area (Å²) in [5.41, 5.74) is 5.56. The van der Waals surface area contributed by atoms with Gasteiger partial charge in [0.05, 0.1) is 26.8 Å². The van der Waals surface area contributed by atoms with Gasteiger partial charge in [0.15, 0.2) is 11.5 Å². The molecule has 7 heteroatoms. The standard InChI is InChI=1S/C28H31N3O4/c1-31(2)17-18-10-12-19(13-11-18)21-9-7-6-8-20(21)16-29-28(32)23-14-22-24(33-3)15-25(34-4)27(35-5)26(22)30-23/h6-15,30H,16-17H2,1-5H3,(H,29,32). The van der Waals surface area contributed by atoms with Crippen molar-refractivity contribution < 1.29 is 19.0 Å². The molecule has 4 aromatic rings. The van der Waals surface area contributed by atoms with Gasteiger partial charge >= 0.3 is 0 Å². The summed E-state index contributed by atoms with van der Waals surface area (Å²) in [4.78, 5) is 18.4. The molecule has 0 saturated heterocycles. The molecule has 0 fully saturated rings. The van der Waals surface area contributed by atoms with E-state index in [2.05, 4.69) is 59.6 Å². The van der Waals surface area contributed by atoms with Gasteiger partial charge in [-0.2, -0.15) is 0 Å². The fourth-order valence-corrected chi connectivity index (χ4v) is 4.24. The van der Waals surface area contributed by atoms with Crippen LogP contribution in [0.1, 0.15) is 21.6 Å². The number of ether oxygens (including phenoxy) is 3. The van der Waals surface area contributed by atoms with Crippen LogP contribution in [-0.4, -0.2) is 51.2 Å². The number of carbonyl (C=O) groups is 1. The van der Waals surface area contributed by atoms with Crippen molar-refractivity contribution in [2.24, 2.45) is 0 Å². The number of nitrogens with one attached hydrogen (secondary N) is 2. The maximum Gasteiger partial charge on any atom is 0.268 e. The summed E-state index contributed by atoms with van der Waals surface area (Å²) >= 11 is 0. The molecule has 3 aromatic carbocycles. The zero-order valence-corrected chi connectivity index (χ0v) is 20.8. The number of rotatable bonds is 9. The number of hydrogen-bond acceptors (Lipinski definition) is 5. The van der Waals surface area contributed by atoms with Gasteiger partial charge in [-0.15, -0.1) is 0 Å². The number of methoxy groups -OCH3 is 3. The van der Waals surface area contributed by atoms with E-state index in [0.717, 1.165) is 28.6 Å². The largest absolute Gasteiger partial charge is 0.496 e. The minimum Gasteiger partial charge on any atom is -0.496 e. The molecule has 7 nitrogen and oxygen atoms in total. The summed E-state index contributed by atoms with van der Waals surface area (Å²) < 4.78 is 16.4. The molecule has 0 unspecified atom stereocenters. The lowest BCUT2D eigenvalue weighted by Crippen LogP contribution is -2.23. The number of aromatic nitrogens is 1. The Balaban J connectivity index is 1.57. The molecule has 182 valence electrons. The van der Waals surface area contributed by atoms with E-state index in [1.54, 1.807) is 33.5 Å². The Morgan fingerprint density at radius 1 is 0.914 bits per heavy atom. The predicted molar refractivity (Wildman–Crippen MR) is 138 cm³/mol. The van der Waals surface area contributed by atoms with Gasteiger partial charge in [0.25, 0.3) is 5.91 Å². The molecule has 1 aromatic heterocycles. The zero-order valence-electron chi connectivity index (χ0n) is 20.8. The number of benzene rings is 3. The molecule has 1 heterocycles. The van der Waals surface area contributed by atoms with Gasteiger partial charge < -0.3 is 29.4 Å². The van der Waals surface area contributed by atoms with Crippen LogP contribution in [0.4, 0.5) is 0 Å². The highest BCUT2D eigenvalue weighted by Gasteiger charge is 2.19. The minimum absolute atomic E-state index is 0.222. The van der Waals surface area contributed by atoms with Crippen molar-refractivity contribution in [1.29, 1.82) is 0 Å². The highest BCUT2D eigenvalue weighted by Crippen LogP contribution is 2.41. The fourth-order valence-electron chi connectivity index (χ4n) is 4.24. The third kappa shape index (κ3) is 5.10. The molecule has 0 bridgehead atoms. The first-order valence-electron chi connectivity index (χ1n) is 11.4. The van der Waals surface area contributed by atoms with Crippen molar-refractivity contribution in [3.05, 3.63) is 77.5 Å². The topological polar surface area (TPSA) is 75.8 Å². The van der Waals surface area contributed by atoms with Crippen molar-refractivity contribution in [3.8, 4) is 28.4 Å². The first-order chi connectivity index (χ1) is 16.9. The van der Waals surface area contributed by atoms with Crippen molar-refractivity contribution in [1.82, 2.24) is 15.2 Å². The van der Waals surface area contributed by atoms with Crippen LogP contribution in [0.25, 0.3) is 22.0 Å². The van der Waals surface area contributed by atoms with Gasteiger partial charge in [-0.05, 0) is 42.4 Å². The maximum atomic E-state index is 13.1. The van der Waals surface area contributed by atoms with Crippen LogP contribution in [0.3, 0.4) is 0 Å².